The summed E-state index contributed by atoms with van der Waals surface area (Å²) in [5, 5.41) is 2.53. The molecule has 162 valence electrons. The van der Waals surface area contributed by atoms with E-state index >= 15 is 0 Å². The molecule has 3 heterocycles. The molecule has 3 aromatic rings. The lowest BCUT2D eigenvalue weighted by Gasteiger charge is -2.26. The molecule has 1 unspecified atom stereocenters. The SMILES string of the molecule is CC(N[S@+]([O-])C(C)(C)C)c1sc2c(OC(=O)NCc3ccco3)nc(Cl)nc2c1Br. The monoisotopic (exact) mass is 534 g/mol. The molecule has 2 N–H and O–H groups in total. The third kappa shape index (κ3) is 5.45. The highest BCUT2D eigenvalue weighted by Crippen LogP contribution is 2.42. The molecular formula is C18H20BrClN4O4S2. The molecule has 0 aromatic carbocycles. The molecule has 2 atom stereocenters. The number of nitrogens with zero attached hydrogens (tertiary/aromatic N) is 2. The first kappa shape index (κ1) is 23.3. The van der Waals surface area contributed by atoms with Gasteiger partial charge in [0.1, 0.15) is 20.7 Å². The number of halogens is 2. The van der Waals surface area contributed by atoms with Crippen LogP contribution < -0.4 is 14.8 Å². The highest BCUT2D eigenvalue weighted by atomic mass is 79.9. The van der Waals surface area contributed by atoms with Crippen LogP contribution in [0.25, 0.3) is 10.2 Å². The summed E-state index contributed by atoms with van der Waals surface area (Å²) >= 11 is 9.64. The molecule has 0 aliphatic heterocycles. The van der Waals surface area contributed by atoms with Crippen molar-refractivity contribution in [2.45, 2.75) is 45.0 Å². The van der Waals surface area contributed by atoms with Crippen molar-refractivity contribution < 1.29 is 18.5 Å². The van der Waals surface area contributed by atoms with Gasteiger partial charge in [0, 0.05) is 16.2 Å². The topological polar surface area (TPSA) is 112 Å². The minimum atomic E-state index is -1.26. The maximum Gasteiger partial charge on any atom is 0.414 e. The number of aromatic nitrogens is 2. The molecule has 0 bridgehead atoms. The van der Waals surface area contributed by atoms with Crippen LogP contribution in [-0.4, -0.2) is 25.4 Å². The maximum atomic E-state index is 12.5. The Morgan fingerprint density at radius 3 is 2.83 bits per heavy atom. The van der Waals surface area contributed by atoms with Gasteiger partial charge in [-0.05, 0) is 67.4 Å². The van der Waals surface area contributed by atoms with Gasteiger partial charge in [-0.15, -0.1) is 16.1 Å². The van der Waals surface area contributed by atoms with Gasteiger partial charge in [0.05, 0.1) is 23.3 Å². The third-order valence-corrected chi connectivity index (χ3v) is 8.12. The lowest BCUT2D eigenvalue weighted by Crippen LogP contribution is -2.40. The van der Waals surface area contributed by atoms with Crippen molar-refractivity contribution in [1.82, 2.24) is 20.0 Å². The van der Waals surface area contributed by atoms with Gasteiger partial charge in [0.25, 0.3) is 0 Å². The Balaban J connectivity index is 1.83. The van der Waals surface area contributed by atoms with Crippen LogP contribution in [0.3, 0.4) is 0 Å². The molecule has 0 spiro atoms. The van der Waals surface area contributed by atoms with Crippen LogP contribution in [0.4, 0.5) is 4.79 Å². The van der Waals surface area contributed by atoms with Gasteiger partial charge in [0.15, 0.2) is 0 Å². The van der Waals surface area contributed by atoms with E-state index in [9.17, 15) is 9.35 Å². The second-order valence-corrected chi connectivity index (χ2v) is 11.5. The lowest BCUT2D eigenvalue weighted by atomic mass is 10.3. The number of fused-ring (bicyclic) bond motifs is 1. The smallest absolute Gasteiger partial charge is 0.414 e. The molecule has 0 aliphatic rings. The van der Waals surface area contributed by atoms with Crippen molar-refractivity contribution in [1.29, 1.82) is 0 Å². The summed E-state index contributed by atoms with van der Waals surface area (Å²) in [5.41, 5.74) is 0.513. The number of ether oxygens (including phenoxy) is 1. The fraction of sp³-hybridized carbons (Fsp3) is 0.389. The number of furan rings is 1. The molecule has 8 nitrogen and oxygen atoms in total. The molecule has 0 saturated heterocycles. The summed E-state index contributed by atoms with van der Waals surface area (Å²) in [6, 6.07) is 3.21. The van der Waals surface area contributed by atoms with E-state index < -0.39 is 22.2 Å². The van der Waals surface area contributed by atoms with Crippen LogP contribution in [0.15, 0.2) is 27.3 Å². The van der Waals surface area contributed by atoms with Gasteiger partial charge in [-0.1, -0.05) is 0 Å². The number of nitrogens with one attached hydrogen (secondary N) is 2. The Kier molecular flexibility index (Phi) is 7.31. The van der Waals surface area contributed by atoms with Crippen LogP contribution in [0, 0.1) is 0 Å². The molecule has 3 aromatic heterocycles. The standard InChI is InChI=1S/C18H20BrClN4O4S2/c1-9(24-30(26)18(2,3)4)13-11(19)12-14(29-13)15(23-16(20)22-12)28-17(25)21-8-10-6-5-7-27-10/h5-7,9,24H,8H2,1-4H3,(H,21,25)/t9?,30-/m1/s1. The Bertz CT molecular complexity index is 1040. The van der Waals surface area contributed by atoms with Crippen LogP contribution in [0.2, 0.25) is 5.28 Å². The Hall–Kier alpha value is -1.37. The van der Waals surface area contributed by atoms with E-state index in [0.717, 1.165) is 4.88 Å². The molecule has 12 heteroatoms. The van der Waals surface area contributed by atoms with E-state index in [1.54, 1.807) is 12.1 Å². The average molecular weight is 536 g/mol. The summed E-state index contributed by atoms with van der Waals surface area (Å²) in [5.74, 6) is 0.633. The first-order valence-electron chi connectivity index (χ1n) is 8.87. The first-order chi connectivity index (χ1) is 14.1. The second kappa shape index (κ2) is 9.41. The quantitative estimate of drug-likeness (QED) is 0.333. The normalized spacial score (nSPS) is 14.0. The summed E-state index contributed by atoms with van der Waals surface area (Å²) in [6.45, 7) is 7.74. The average Bonchev–Trinajstić information content (AvgIpc) is 3.28. The third-order valence-electron chi connectivity index (χ3n) is 3.85. The summed E-state index contributed by atoms with van der Waals surface area (Å²) < 4.78 is 26.9. The highest BCUT2D eigenvalue weighted by molar-refractivity contribution is 9.10. The predicted molar refractivity (Wildman–Crippen MR) is 121 cm³/mol. The molecule has 0 saturated carbocycles. The largest absolute Gasteiger partial charge is 0.598 e. The van der Waals surface area contributed by atoms with Crippen molar-refractivity contribution >= 4 is 66.5 Å². The Labute approximate surface area is 194 Å². The summed E-state index contributed by atoms with van der Waals surface area (Å²) in [6.07, 6.45) is 0.816. The minimum Gasteiger partial charge on any atom is -0.598 e. The zero-order chi connectivity index (χ0) is 22.1. The highest BCUT2D eigenvalue weighted by Gasteiger charge is 2.30. The van der Waals surface area contributed by atoms with Crippen molar-refractivity contribution in [3.8, 4) is 5.88 Å². The number of hydrogen-bond donors (Lipinski definition) is 2. The van der Waals surface area contributed by atoms with Gasteiger partial charge < -0.3 is 19.0 Å². The van der Waals surface area contributed by atoms with E-state index in [4.69, 9.17) is 20.8 Å². The van der Waals surface area contributed by atoms with Crippen molar-refractivity contribution in [3.05, 3.63) is 38.8 Å². The van der Waals surface area contributed by atoms with Gasteiger partial charge in [-0.2, -0.15) is 4.98 Å². The number of hydrogen-bond acceptors (Lipinski definition) is 8. The van der Waals surface area contributed by atoms with E-state index in [2.05, 4.69) is 35.9 Å². The van der Waals surface area contributed by atoms with E-state index in [1.165, 1.54) is 17.6 Å². The van der Waals surface area contributed by atoms with Gasteiger partial charge in [-0.25, -0.2) is 9.78 Å². The molecule has 1 amide bonds. The molecule has 0 aliphatic carbocycles. The first-order valence-corrected chi connectivity index (χ1v) is 12.0. The zero-order valence-electron chi connectivity index (χ0n) is 16.6. The molecule has 0 fully saturated rings. The molecule has 0 radical (unpaired) electrons. The van der Waals surface area contributed by atoms with Crippen molar-refractivity contribution in [2.24, 2.45) is 0 Å². The Morgan fingerprint density at radius 1 is 1.47 bits per heavy atom. The maximum absolute atomic E-state index is 12.5. The minimum absolute atomic E-state index is 0.0445. The molecular weight excluding hydrogens is 516 g/mol. The number of carbonyl (C=O) groups excluding carboxylic acids is 1. The van der Waals surface area contributed by atoms with Crippen LogP contribution in [0.1, 0.15) is 44.4 Å². The van der Waals surface area contributed by atoms with Crippen LogP contribution in [0.5, 0.6) is 5.88 Å². The second-order valence-electron chi connectivity index (χ2n) is 7.30. The van der Waals surface area contributed by atoms with Crippen molar-refractivity contribution in [3.63, 3.8) is 0 Å². The van der Waals surface area contributed by atoms with Crippen molar-refractivity contribution in [2.75, 3.05) is 0 Å². The Morgan fingerprint density at radius 2 is 2.20 bits per heavy atom. The van der Waals surface area contributed by atoms with E-state index in [0.29, 0.717) is 20.4 Å². The van der Waals surface area contributed by atoms with Gasteiger partial charge in [-0.3, -0.25) is 0 Å². The summed E-state index contributed by atoms with van der Waals surface area (Å²) in [7, 11) is 0. The van der Waals surface area contributed by atoms with E-state index in [-0.39, 0.29) is 23.8 Å². The van der Waals surface area contributed by atoms with Gasteiger partial charge in [0.2, 0.25) is 11.2 Å². The fourth-order valence-corrected chi connectivity index (χ4v) is 5.44. The fourth-order valence-electron chi connectivity index (χ4n) is 2.35. The van der Waals surface area contributed by atoms with E-state index in [1.807, 2.05) is 27.7 Å². The lowest BCUT2D eigenvalue weighted by molar-refractivity contribution is 0.198. The molecule has 3 rings (SSSR count). The number of amides is 1. The van der Waals surface area contributed by atoms with Gasteiger partial charge >= 0.3 is 6.09 Å². The number of carbonyl (C=O) groups is 1. The summed E-state index contributed by atoms with van der Waals surface area (Å²) in [4.78, 5) is 21.3. The number of thiophene rings is 1. The zero-order valence-corrected chi connectivity index (χ0v) is 20.6. The number of rotatable bonds is 6. The predicted octanol–water partition coefficient (Wildman–Crippen LogP) is 5.10. The molecule has 30 heavy (non-hydrogen) atoms. The van der Waals surface area contributed by atoms with Crippen LogP contribution in [-0.2, 0) is 17.9 Å². The van der Waals surface area contributed by atoms with Crippen LogP contribution >= 0.6 is 38.9 Å².